The van der Waals surface area contributed by atoms with Crippen LogP contribution in [0.3, 0.4) is 0 Å². The second-order valence-corrected chi connectivity index (χ2v) is 3.99. The van der Waals surface area contributed by atoms with Gasteiger partial charge in [0.25, 0.3) is 0 Å². The van der Waals surface area contributed by atoms with Crippen molar-refractivity contribution in [2.75, 3.05) is 0 Å². The van der Waals surface area contributed by atoms with Gasteiger partial charge in [0.05, 0.1) is 4.88 Å². The van der Waals surface area contributed by atoms with E-state index in [9.17, 15) is 14.0 Å². The minimum atomic E-state index is -1.28. The molecule has 0 saturated carbocycles. The molecular weight excluding hydrogens is 233 g/mol. The van der Waals surface area contributed by atoms with E-state index in [0.717, 1.165) is 0 Å². The summed E-state index contributed by atoms with van der Waals surface area (Å²) in [6.45, 7) is 0. The lowest BCUT2D eigenvalue weighted by Gasteiger charge is -2.00. The summed E-state index contributed by atoms with van der Waals surface area (Å²) in [5.74, 6) is -1.84. The zero-order valence-electron chi connectivity index (χ0n) is 7.86. The quantitative estimate of drug-likeness (QED) is 0.841. The van der Waals surface area contributed by atoms with Crippen LogP contribution in [-0.4, -0.2) is 16.1 Å². The third-order valence-corrected chi connectivity index (χ3v) is 2.90. The van der Waals surface area contributed by atoms with Gasteiger partial charge in [-0.15, -0.1) is 0 Å². The van der Waals surface area contributed by atoms with E-state index < -0.39 is 16.7 Å². The van der Waals surface area contributed by atoms with Crippen molar-refractivity contribution in [2.24, 2.45) is 0 Å². The van der Waals surface area contributed by atoms with Crippen molar-refractivity contribution >= 4 is 17.3 Å². The molecule has 0 amide bonds. The van der Waals surface area contributed by atoms with Gasteiger partial charge in [0, 0.05) is 5.56 Å². The molecule has 0 atom stereocenters. The molecule has 2 N–H and O–H groups in total. The fourth-order valence-electron chi connectivity index (χ4n) is 1.31. The molecule has 16 heavy (non-hydrogen) atoms. The molecule has 4 nitrogen and oxygen atoms in total. The number of thiazole rings is 1. The lowest BCUT2D eigenvalue weighted by molar-refractivity contribution is 0.0692. The highest BCUT2D eigenvalue weighted by molar-refractivity contribution is 7.13. The predicted molar refractivity (Wildman–Crippen MR) is 57.3 cm³/mol. The zero-order valence-corrected chi connectivity index (χ0v) is 8.68. The van der Waals surface area contributed by atoms with Crippen LogP contribution in [0.25, 0.3) is 10.4 Å². The number of halogens is 1. The number of hydrogen-bond acceptors (Lipinski definition) is 3. The number of hydrogen-bond donors (Lipinski definition) is 2. The van der Waals surface area contributed by atoms with E-state index in [0.29, 0.717) is 11.3 Å². The normalized spacial score (nSPS) is 10.3. The maximum atomic E-state index is 13.4. The van der Waals surface area contributed by atoms with Crippen molar-refractivity contribution in [3.05, 3.63) is 45.4 Å². The molecule has 0 bridgehead atoms. The maximum absolute atomic E-state index is 13.4. The van der Waals surface area contributed by atoms with Crippen molar-refractivity contribution in [3.8, 4) is 10.4 Å². The predicted octanol–water partition coefficient (Wildman–Crippen LogP) is 1.94. The summed E-state index contributed by atoms with van der Waals surface area (Å²) in [4.78, 5) is 23.7. The van der Waals surface area contributed by atoms with Crippen LogP contribution in [0.4, 0.5) is 4.39 Å². The lowest BCUT2D eigenvalue weighted by Crippen LogP contribution is -2.02. The van der Waals surface area contributed by atoms with Gasteiger partial charge in [0.15, 0.2) is 0 Å². The molecule has 2 rings (SSSR count). The second kappa shape index (κ2) is 3.90. The van der Waals surface area contributed by atoms with E-state index in [1.807, 2.05) is 0 Å². The summed E-state index contributed by atoms with van der Waals surface area (Å²) >= 11 is 0.678. The van der Waals surface area contributed by atoms with E-state index in [2.05, 4.69) is 4.98 Å². The van der Waals surface area contributed by atoms with E-state index in [1.165, 1.54) is 18.2 Å². The average molecular weight is 239 g/mol. The Morgan fingerprint density at radius 2 is 2.06 bits per heavy atom. The highest BCUT2D eigenvalue weighted by Crippen LogP contribution is 2.27. The molecule has 2 aromatic rings. The Kier molecular flexibility index (Phi) is 2.57. The van der Waals surface area contributed by atoms with Crippen LogP contribution >= 0.6 is 11.3 Å². The fourth-order valence-corrected chi connectivity index (χ4v) is 2.17. The molecule has 0 radical (unpaired) electrons. The summed E-state index contributed by atoms with van der Waals surface area (Å²) in [7, 11) is 0. The van der Waals surface area contributed by atoms with Gasteiger partial charge >= 0.3 is 10.8 Å². The van der Waals surface area contributed by atoms with Gasteiger partial charge in [-0.05, 0) is 6.07 Å². The number of rotatable bonds is 2. The standard InChI is InChI=1S/C10H6FNO3S/c11-6-4-2-1-3-5(6)8-7(9(13)14)12-10(15)16-8/h1-4H,(H,12,15)(H,13,14). The molecule has 1 heterocycles. The Morgan fingerprint density at radius 3 is 2.69 bits per heavy atom. The van der Waals surface area contributed by atoms with Crippen molar-refractivity contribution in [2.45, 2.75) is 0 Å². The Hall–Kier alpha value is -1.95. The lowest BCUT2D eigenvalue weighted by atomic mass is 10.1. The minimum absolute atomic E-state index is 0.107. The maximum Gasteiger partial charge on any atom is 0.353 e. The van der Waals surface area contributed by atoms with Crippen molar-refractivity contribution < 1.29 is 14.3 Å². The first kappa shape index (κ1) is 10.6. The van der Waals surface area contributed by atoms with Gasteiger partial charge in [-0.25, -0.2) is 9.18 Å². The molecule has 0 aliphatic heterocycles. The number of carbonyl (C=O) groups is 1. The van der Waals surface area contributed by atoms with Crippen LogP contribution < -0.4 is 4.87 Å². The molecule has 0 fully saturated rings. The van der Waals surface area contributed by atoms with E-state index in [4.69, 9.17) is 5.11 Å². The smallest absolute Gasteiger partial charge is 0.353 e. The summed E-state index contributed by atoms with van der Waals surface area (Å²) in [5, 5.41) is 8.85. The molecule has 0 spiro atoms. The number of carboxylic acid groups (broad SMARTS) is 1. The second-order valence-electron chi connectivity index (χ2n) is 3.00. The van der Waals surface area contributed by atoms with Crippen LogP contribution in [-0.2, 0) is 0 Å². The molecule has 0 aliphatic carbocycles. The molecular formula is C10H6FNO3S. The number of aromatic nitrogens is 1. The largest absolute Gasteiger partial charge is 0.477 e. The van der Waals surface area contributed by atoms with Crippen LogP contribution in [0.2, 0.25) is 0 Å². The van der Waals surface area contributed by atoms with Gasteiger partial charge in [0.2, 0.25) is 0 Å². The van der Waals surface area contributed by atoms with Gasteiger partial charge in [-0.2, -0.15) is 0 Å². The monoisotopic (exact) mass is 239 g/mol. The zero-order chi connectivity index (χ0) is 11.7. The number of benzene rings is 1. The minimum Gasteiger partial charge on any atom is -0.477 e. The van der Waals surface area contributed by atoms with E-state index >= 15 is 0 Å². The molecule has 0 unspecified atom stereocenters. The van der Waals surface area contributed by atoms with Crippen molar-refractivity contribution in [1.82, 2.24) is 4.98 Å². The number of aromatic amines is 1. The Labute approximate surface area is 93.0 Å². The molecule has 0 aliphatic rings. The number of carboxylic acids is 1. The summed E-state index contributed by atoms with van der Waals surface area (Å²) in [6, 6.07) is 5.72. The summed E-state index contributed by atoms with van der Waals surface area (Å²) in [5.41, 5.74) is -0.164. The summed E-state index contributed by atoms with van der Waals surface area (Å²) < 4.78 is 13.4. The van der Waals surface area contributed by atoms with Crippen LogP contribution in [0.1, 0.15) is 10.5 Å². The number of aromatic carboxylic acids is 1. The van der Waals surface area contributed by atoms with E-state index in [1.54, 1.807) is 6.07 Å². The van der Waals surface area contributed by atoms with Gasteiger partial charge < -0.3 is 10.1 Å². The Bertz CT molecular complexity index is 602. The number of nitrogens with one attached hydrogen (secondary N) is 1. The van der Waals surface area contributed by atoms with Gasteiger partial charge in [-0.1, -0.05) is 29.5 Å². The fraction of sp³-hybridized carbons (Fsp3) is 0. The van der Waals surface area contributed by atoms with Crippen LogP contribution in [0, 0.1) is 5.82 Å². The van der Waals surface area contributed by atoms with Crippen LogP contribution in [0.5, 0.6) is 0 Å². The average Bonchev–Trinajstić information content (AvgIpc) is 2.61. The Morgan fingerprint density at radius 1 is 1.38 bits per heavy atom. The molecule has 6 heteroatoms. The topological polar surface area (TPSA) is 70.2 Å². The van der Waals surface area contributed by atoms with Gasteiger partial charge in [-0.3, -0.25) is 4.79 Å². The van der Waals surface area contributed by atoms with Crippen molar-refractivity contribution in [3.63, 3.8) is 0 Å². The highest BCUT2D eigenvalue weighted by Gasteiger charge is 2.18. The SMILES string of the molecule is O=C(O)c1[nH]c(=O)sc1-c1ccccc1F. The third kappa shape index (κ3) is 1.74. The first-order valence-corrected chi connectivity index (χ1v) is 5.12. The number of H-pyrrole nitrogens is 1. The first-order valence-electron chi connectivity index (χ1n) is 4.31. The molecule has 1 aromatic carbocycles. The molecule has 0 saturated heterocycles. The third-order valence-electron chi connectivity index (χ3n) is 1.98. The summed E-state index contributed by atoms with van der Waals surface area (Å²) in [6.07, 6.45) is 0. The van der Waals surface area contributed by atoms with E-state index in [-0.39, 0.29) is 16.1 Å². The first-order chi connectivity index (χ1) is 7.59. The molecule has 1 aromatic heterocycles. The van der Waals surface area contributed by atoms with Crippen LogP contribution in [0.15, 0.2) is 29.1 Å². The molecule has 82 valence electrons. The highest BCUT2D eigenvalue weighted by atomic mass is 32.1. The Balaban J connectivity index is 2.69. The van der Waals surface area contributed by atoms with Crippen molar-refractivity contribution in [1.29, 1.82) is 0 Å². The van der Waals surface area contributed by atoms with Gasteiger partial charge in [0.1, 0.15) is 11.5 Å².